The molecular weight excluding hydrogens is 436 g/mol. The topological polar surface area (TPSA) is 71.7 Å². The molecule has 3 aromatic heterocycles. The van der Waals surface area contributed by atoms with Crippen molar-refractivity contribution in [3.63, 3.8) is 0 Å². The third-order valence-electron chi connectivity index (χ3n) is 6.60. The van der Waals surface area contributed by atoms with Crippen LogP contribution >= 0.6 is 11.3 Å². The Labute approximate surface area is 199 Å². The van der Waals surface area contributed by atoms with E-state index in [9.17, 15) is 4.79 Å². The van der Waals surface area contributed by atoms with Crippen LogP contribution < -0.4 is 4.74 Å². The number of methoxy groups -OCH3 is 1. The van der Waals surface area contributed by atoms with E-state index in [2.05, 4.69) is 21.8 Å². The molecule has 1 saturated heterocycles. The number of hydrogen-bond acceptors (Lipinski definition) is 7. The number of hydrogen-bond donors (Lipinski definition) is 0. The maximum atomic E-state index is 13.0. The fourth-order valence-electron chi connectivity index (χ4n) is 4.48. The summed E-state index contributed by atoms with van der Waals surface area (Å²) in [6.07, 6.45) is 4.04. The van der Waals surface area contributed by atoms with Crippen molar-refractivity contribution in [2.24, 2.45) is 0 Å². The third kappa shape index (κ3) is 5.12. The fraction of sp³-hybridized carbons (Fsp3) is 0.480. The minimum Gasteiger partial charge on any atom is -0.496 e. The summed E-state index contributed by atoms with van der Waals surface area (Å²) in [5.74, 6) is 2.31. The molecule has 7 nitrogen and oxygen atoms in total. The zero-order valence-corrected chi connectivity index (χ0v) is 20.9. The number of aryl methyl sites for hydroxylation is 2. The Morgan fingerprint density at radius 1 is 1.27 bits per heavy atom. The van der Waals surface area contributed by atoms with E-state index in [0.29, 0.717) is 11.7 Å². The van der Waals surface area contributed by atoms with Crippen molar-refractivity contribution in [1.82, 2.24) is 19.8 Å². The molecule has 0 atom stereocenters. The van der Waals surface area contributed by atoms with Crippen LogP contribution in [-0.4, -0.2) is 59.0 Å². The summed E-state index contributed by atoms with van der Waals surface area (Å²) in [5.41, 5.74) is 4.90. The van der Waals surface area contributed by atoms with Crippen molar-refractivity contribution in [3.8, 4) is 17.2 Å². The molecule has 8 heteroatoms. The average molecular weight is 469 g/mol. The van der Waals surface area contributed by atoms with Crippen LogP contribution in [0, 0.1) is 20.8 Å². The van der Waals surface area contributed by atoms with Crippen LogP contribution in [0.5, 0.6) is 5.75 Å². The van der Waals surface area contributed by atoms with Crippen LogP contribution in [0.15, 0.2) is 27.4 Å². The van der Waals surface area contributed by atoms with Crippen LogP contribution in [0.3, 0.4) is 0 Å². The number of nitrogens with zero attached hydrogens (tertiary/aromatic N) is 4. The number of oxazole rings is 1. The molecule has 33 heavy (non-hydrogen) atoms. The van der Waals surface area contributed by atoms with Crippen molar-refractivity contribution in [1.29, 1.82) is 0 Å². The summed E-state index contributed by atoms with van der Waals surface area (Å²) >= 11 is 1.60. The Morgan fingerprint density at radius 3 is 2.70 bits per heavy atom. The minimum atomic E-state index is 0.0856. The first-order valence-corrected chi connectivity index (χ1v) is 12.3. The lowest BCUT2D eigenvalue weighted by molar-refractivity contribution is -0.132. The number of carbonyl (C=O) groups excluding carboxylic acids is 1. The monoisotopic (exact) mass is 468 g/mol. The van der Waals surface area contributed by atoms with Gasteiger partial charge in [-0.1, -0.05) is 0 Å². The number of rotatable bonds is 7. The number of likely N-dealkylation sites (N-methyl/N-ethyl adjacent to an activating group) is 1. The maximum absolute atomic E-state index is 13.0. The highest BCUT2D eigenvalue weighted by Crippen LogP contribution is 2.27. The fourth-order valence-corrected chi connectivity index (χ4v) is 5.11. The molecule has 4 heterocycles. The van der Waals surface area contributed by atoms with E-state index in [4.69, 9.17) is 9.15 Å². The zero-order chi connectivity index (χ0) is 23.5. The lowest BCUT2D eigenvalue weighted by atomic mass is 10.0. The molecule has 3 aromatic rings. The van der Waals surface area contributed by atoms with Gasteiger partial charge in [0.25, 0.3) is 0 Å². The summed E-state index contributed by atoms with van der Waals surface area (Å²) in [6, 6.07) is 2.21. The third-order valence-corrected chi connectivity index (χ3v) is 7.28. The second kappa shape index (κ2) is 10.1. The van der Waals surface area contributed by atoms with Gasteiger partial charge in [0.1, 0.15) is 11.5 Å². The largest absolute Gasteiger partial charge is 0.496 e. The van der Waals surface area contributed by atoms with E-state index in [1.807, 2.05) is 48.8 Å². The summed E-state index contributed by atoms with van der Waals surface area (Å²) in [5, 5.41) is 3.99. The predicted octanol–water partition coefficient (Wildman–Crippen LogP) is 4.40. The lowest BCUT2D eigenvalue weighted by Crippen LogP contribution is -2.46. The normalized spacial score (nSPS) is 15.1. The van der Waals surface area contributed by atoms with Crippen LogP contribution in [0.25, 0.3) is 11.5 Å². The highest BCUT2D eigenvalue weighted by Gasteiger charge is 2.27. The Hall–Kier alpha value is -2.71. The molecule has 1 fully saturated rings. The molecule has 1 aliphatic heterocycles. The van der Waals surface area contributed by atoms with Gasteiger partial charge in [0.05, 0.1) is 24.9 Å². The van der Waals surface area contributed by atoms with Gasteiger partial charge in [0.2, 0.25) is 11.8 Å². The molecule has 0 N–H and O–H groups in total. The second-order valence-corrected chi connectivity index (χ2v) is 9.55. The van der Waals surface area contributed by atoms with Gasteiger partial charge in [0, 0.05) is 61.0 Å². The van der Waals surface area contributed by atoms with E-state index in [1.54, 1.807) is 18.4 Å². The van der Waals surface area contributed by atoms with E-state index in [1.165, 1.54) is 0 Å². The van der Waals surface area contributed by atoms with Crippen LogP contribution in [0.2, 0.25) is 0 Å². The van der Waals surface area contributed by atoms with Crippen molar-refractivity contribution in [3.05, 3.63) is 51.3 Å². The van der Waals surface area contributed by atoms with Gasteiger partial charge in [-0.2, -0.15) is 11.3 Å². The number of likely N-dealkylation sites (tertiary alicyclic amines) is 1. The van der Waals surface area contributed by atoms with Crippen LogP contribution in [-0.2, 0) is 17.8 Å². The first kappa shape index (κ1) is 23.4. The molecule has 0 spiro atoms. The second-order valence-electron chi connectivity index (χ2n) is 8.77. The Kier molecular flexibility index (Phi) is 7.14. The molecule has 0 saturated carbocycles. The van der Waals surface area contributed by atoms with Crippen molar-refractivity contribution in [2.75, 3.05) is 27.2 Å². The molecule has 0 unspecified atom stereocenters. The lowest BCUT2D eigenvalue weighted by Gasteiger charge is -2.36. The summed E-state index contributed by atoms with van der Waals surface area (Å²) < 4.78 is 11.3. The molecule has 0 aromatic carbocycles. The van der Waals surface area contributed by atoms with Gasteiger partial charge in [-0.3, -0.25) is 14.7 Å². The van der Waals surface area contributed by atoms with Crippen molar-refractivity contribution in [2.45, 2.75) is 52.6 Å². The smallest absolute Gasteiger partial charge is 0.228 e. The number of piperidine rings is 1. The first-order valence-electron chi connectivity index (χ1n) is 11.3. The number of thiophene rings is 1. The Morgan fingerprint density at radius 2 is 2.03 bits per heavy atom. The van der Waals surface area contributed by atoms with Crippen LogP contribution in [0.4, 0.5) is 0 Å². The van der Waals surface area contributed by atoms with E-state index in [-0.39, 0.29) is 18.4 Å². The van der Waals surface area contributed by atoms with E-state index < -0.39 is 0 Å². The minimum absolute atomic E-state index is 0.0856. The molecule has 0 aliphatic carbocycles. The molecule has 1 amide bonds. The van der Waals surface area contributed by atoms with Gasteiger partial charge in [0.15, 0.2) is 0 Å². The first-order chi connectivity index (χ1) is 15.9. The van der Waals surface area contributed by atoms with Gasteiger partial charge in [-0.15, -0.1) is 0 Å². The number of pyridine rings is 1. The van der Waals surface area contributed by atoms with Gasteiger partial charge in [-0.25, -0.2) is 4.98 Å². The Bertz CT molecular complexity index is 1100. The molecule has 0 bridgehead atoms. The number of ether oxygens (including phenoxy) is 1. The summed E-state index contributed by atoms with van der Waals surface area (Å²) in [4.78, 5) is 26.5. The highest BCUT2D eigenvalue weighted by molar-refractivity contribution is 7.08. The maximum Gasteiger partial charge on any atom is 0.228 e. The SMILES string of the molecule is COc1c(C)cnc(CN2CCC(N(C)C(=O)Cc3nc(-c4ccsc4)oc3C)CC2)c1C. The molecular formula is C25H32N4O3S. The van der Waals surface area contributed by atoms with Crippen molar-refractivity contribution >= 4 is 17.2 Å². The molecule has 4 rings (SSSR count). The molecule has 0 radical (unpaired) electrons. The molecule has 1 aliphatic rings. The summed E-state index contributed by atoms with van der Waals surface area (Å²) in [7, 11) is 3.62. The number of aromatic nitrogens is 2. The highest BCUT2D eigenvalue weighted by atomic mass is 32.1. The van der Waals surface area contributed by atoms with Gasteiger partial charge in [-0.05, 0) is 45.1 Å². The standard InChI is InChI=1S/C25H32N4O3S/c1-16-13-26-22(17(2)24(16)31-5)14-29-9-6-20(7-10-29)28(4)23(30)12-21-18(3)32-25(27-21)19-8-11-33-15-19/h8,11,13,15,20H,6-7,9-10,12,14H2,1-5H3. The number of amides is 1. The van der Waals surface area contributed by atoms with Gasteiger partial charge < -0.3 is 14.1 Å². The van der Waals surface area contributed by atoms with E-state index in [0.717, 1.165) is 66.3 Å². The quantitative estimate of drug-likeness (QED) is 0.512. The summed E-state index contributed by atoms with van der Waals surface area (Å²) in [6.45, 7) is 8.64. The number of carbonyl (C=O) groups is 1. The molecule has 176 valence electrons. The average Bonchev–Trinajstić information content (AvgIpc) is 3.46. The van der Waals surface area contributed by atoms with Gasteiger partial charge >= 0.3 is 0 Å². The van der Waals surface area contributed by atoms with E-state index >= 15 is 0 Å². The Balaban J connectivity index is 1.32. The van der Waals surface area contributed by atoms with Crippen LogP contribution in [0.1, 0.15) is 41.1 Å². The predicted molar refractivity (Wildman–Crippen MR) is 130 cm³/mol. The van der Waals surface area contributed by atoms with Crippen molar-refractivity contribution < 1.29 is 13.9 Å². The zero-order valence-electron chi connectivity index (χ0n) is 20.1.